The van der Waals surface area contributed by atoms with E-state index >= 15 is 0 Å². The largest absolute Gasteiger partial charge is 0.315 e. The summed E-state index contributed by atoms with van der Waals surface area (Å²) in [6.07, 6.45) is 0. The number of halogens is 2. The number of aromatic nitrogens is 2. The van der Waals surface area contributed by atoms with E-state index in [9.17, 15) is 8.42 Å². The molecule has 0 radical (unpaired) electrons. The van der Waals surface area contributed by atoms with Gasteiger partial charge in [0.05, 0.1) is 28.5 Å². The Morgan fingerprint density at radius 3 is 2.40 bits per heavy atom. The molecule has 0 amide bonds. The van der Waals surface area contributed by atoms with Crippen molar-refractivity contribution < 1.29 is 13.3 Å². The van der Waals surface area contributed by atoms with Crippen molar-refractivity contribution in [3.8, 4) is 0 Å². The number of hydrogen-bond acceptors (Lipinski definition) is 3. The zero-order valence-electron chi connectivity index (χ0n) is 15.0. The van der Waals surface area contributed by atoms with Crippen molar-refractivity contribution in [2.24, 2.45) is 0 Å². The number of rotatable bonds is 6. The molecular formula is C16H23Cl2N4O2S+. The van der Waals surface area contributed by atoms with Gasteiger partial charge in [-0.15, -0.1) is 0 Å². The lowest BCUT2D eigenvalue weighted by atomic mass is 10.2. The lowest BCUT2D eigenvalue weighted by molar-refractivity contribution is -0.917. The molecule has 25 heavy (non-hydrogen) atoms. The van der Waals surface area contributed by atoms with E-state index in [-0.39, 0.29) is 4.90 Å². The van der Waals surface area contributed by atoms with Gasteiger partial charge in [0.25, 0.3) is 0 Å². The van der Waals surface area contributed by atoms with Gasteiger partial charge in [0.15, 0.2) is 6.67 Å². The summed E-state index contributed by atoms with van der Waals surface area (Å²) in [6, 6.07) is 5.55. The van der Waals surface area contributed by atoms with Gasteiger partial charge in [-0.25, -0.2) is 17.4 Å². The second-order valence-corrected chi connectivity index (χ2v) is 9.23. The first-order valence-corrected chi connectivity index (χ1v) is 9.95. The molecule has 0 spiro atoms. The molecule has 1 N–H and O–H groups in total. The lowest BCUT2D eigenvalue weighted by Gasteiger charge is -2.16. The Morgan fingerprint density at radius 2 is 1.84 bits per heavy atom. The average Bonchev–Trinajstić information content (AvgIpc) is 2.77. The van der Waals surface area contributed by atoms with Crippen LogP contribution >= 0.6 is 23.2 Å². The zero-order chi connectivity index (χ0) is 18.9. The maximum absolute atomic E-state index is 12.5. The molecule has 0 saturated heterocycles. The van der Waals surface area contributed by atoms with Crippen LogP contribution in [0.3, 0.4) is 0 Å². The summed E-state index contributed by atoms with van der Waals surface area (Å²) in [6.45, 7) is 4.75. The average molecular weight is 406 g/mol. The van der Waals surface area contributed by atoms with Crippen LogP contribution in [-0.4, -0.2) is 43.6 Å². The second-order valence-electron chi connectivity index (χ2n) is 6.33. The predicted molar refractivity (Wildman–Crippen MR) is 99.6 cm³/mol. The molecule has 0 bridgehead atoms. The summed E-state index contributed by atoms with van der Waals surface area (Å²) in [4.78, 5) is 1.41. The highest BCUT2D eigenvalue weighted by Gasteiger charge is 2.27. The SMILES string of the molecule is Cc1nn(C[NH+](C)Cc2ccc(Cl)c(Cl)c2)c(C)c1S(=O)(=O)N(C)C. The summed E-state index contributed by atoms with van der Waals surface area (Å²) in [5.74, 6) is 0. The van der Waals surface area contributed by atoms with Gasteiger partial charge >= 0.3 is 0 Å². The highest BCUT2D eigenvalue weighted by Crippen LogP contribution is 2.23. The van der Waals surface area contributed by atoms with Crippen LogP contribution in [0, 0.1) is 13.8 Å². The molecule has 0 aliphatic heterocycles. The number of benzene rings is 1. The Kier molecular flexibility index (Phi) is 6.17. The topological polar surface area (TPSA) is 59.6 Å². The van der Waals surface area contributed by atoms with Crippen molar-refractivity contribution in [2.75, 3.05) is 21.1 Å². The molecule has 0 aliphatic carbocycles. The molecule has 1 atom stereocenters. The molecule has 0 aliphatic rings. The van der Waals surface area contributed by atoms with E-state index in [2.05, 4.69) is 5.10 Å². The molecule has 1 heterocycles. The Hall–Kier alpha value is -1.12. The van der Waals surface area contributed by atoms with E-state index < -0.39 is 10.0 Å². The molecule has 1 aromatic heterocycles. The maximum atomic E-state index is 12.5. The van der Waals surface area contributed by atoms with Crippen LogP contribution in [0.15, 0.2) is 23.1 Å². The quantitative estimate of drug-likeness (QED) is 0.795. The van der Waals surface area contributed by atoms with Gasteiger partial charge in [-0.2, -0.15) is 5.10 Å². The van der Waals surface area contributed by atoms with E-state index in [1.54, 1.807) is 24.6 Å². The summed E-state index contributed by atoms with van der Waals surface area (Å²) < 4.78 is 27.9. The molecular weight excluding hydrogens is 383 g/mol. The van der Waals surface area contributed by atoms with Crippen LogP contribution in [0.1, 0.15) is 17.0 Å². The third-order valence-electron chi connectivity index (χ3n) is 3.96. The number of nitrogens with zero attached hydrogens (tertiary/aromatic N) is 3. The van der Waals surface area contributed by atoms with E-state index in [0.29, 0.717) is 34.6 Å². The van der Waals surface area contributed by atoms with Crippen LogP contribution in [0.25, 0.3) is 0 Å². The first kappa shape index (κ1) is 20.2. The van der Waals surface area contributed by atoms with E-state index in [0.717, 1.165) is 10.5 Å². The van der Waals surface area contributed by atoms with Crippen molar-refractivity contribution in [3.63, 3.8) is 0 Å². The van der Waals surface area contributed by atoms with Crippen molar-refractivity contribution in [2.45, 2.75) is 32.0 Å². The van der Waals surface area contributed by atoms with E-state index in [4.69, 9.17) is 23.2 Å². The van der Waals surface area contributed by atoms with Gasteiger partial charge in [0, 0.05) is 19.7 Å². The highest BCUT2D eigenvalue weighted by molar-refractivity contribution is 7.89. The molecule has 1 unspecified atom stereocenters. The number of aryl methyl sites for hydroxylation is 1. The third-order valence-corrected chi connectivity index (χ3v) is 6.77. The lowest BCUT2D eigenvalue weighted by Crippen LogP contribution is -3.07. The van der Waals surface area contributed by atoms with Gasteiger partial charge < -0.3 is 4.90 Å². The van der Waals surface area contributed by atoms with Crippen LogP contribution in [0.5, 0.6) is 0 Å². The molecule has 6 nitrogen and oxygen atoms in total. The van der Waals surface area contributed by atoms with Crippen LogP contribution < -0.4 is 4.90 Å². The smallest absolute Gasteiger partial charge is 0.246 e. The number of quaternary nitrogens is 1. The highest BCUT2D eigenvalue weighted by atomic mass is 35.5. The molecule has 2 rings (SSSR count). The summed E-state index contributed by atoms with van der Waals surface area (Å²) >= 11 is 12.0. The number of hydrogen-bond donors (Lipinski definition) is 1. The number of sulfonamides is 1. The van der Waals surface area contributed by atoms with Crippen LogP contribution in [0.4, 0.5) is 0 Å². The molecule has 0 fully saturated rings. The van der Waals surface area contributed by atoms with Gasteiger partial charge in [-0.1, -0.05) is 29.3 Å². The Labute approximate surface area is 159 Å². The molecule has 9 heteroatoms. The van der Waals surface area contributed by atoms with Gasteiger partial charge in [0.1, 0.15) is 11.4 Å². The fraction of sp³-hybridized carbons (Fsp3) is 0.438. The molecule has 1 aromatic carbocycles. The Morgan fingerprint density at radius 1 is 1.20 bits per heavy atom. The summed E-state index contributed by atoms with van der Waals surface area (Å²) in [7, 11) is 1.54. The number of nitrogens with one attached hydrogen (secondary N) is 1. The van der Waals surface area contributed by atoms with Crippen molar-refractivity contribution in [3.05, 3.63) is 45.2 Å². The molecule has 2 aromatic rings. The fourth-order valence-electron chi connectivity index (χ4n) is 2.70. The minimum absolute atomic E-state index is 0.278. The van der Waals surface area contributed by atoms with Crippen molar-refractivity contribution >= 4 is 33.2 Å². The Bertz CT molecular complexity index is 879. The monoisotopic (exact) mass is 405 g/mol. The Balaban J connectivity index is 2.22. The van der Waals surface area contributed by atoms with E-state index in [1.807, 2.05) is 19.2 Å². The normalized spacial score (nSPS) is 13.4. The minimum atomic E-state index is -3.51. The summed E-state index contributed by atoms with van der Waals surface area (Å²) in [5.41, 5.74) is 2.20. The van der Waals surface area contributed by atoms with E-state index in [1.165, 1.54) is 18.4 Å². The fourth-order valence-corrected chi connectivity index (χ4v) is 4.28. The van der Waals surface area contributed by atoms with Crippen molar-refractivity contribution in [1.29, 1.82) is 0 Å². The zero-order valence-corrected chi connectivity index (χ0v) is 17.3. The second kappa shape index (κ2) is 7.63. The predicted octanol–water partition coefficient (Wildman–Crippen LogP) is 1.73. The van der Waals surface area contributed by atoms with Crippen LogP contribution in [-0.2, 0) is 23.2 Å². The van der Waals surface area contributed by atoms with Gasteiger partial charge in [-0.05, 0) is 26.0 Å². The maximum Gasteiger partial charge on any atom is 0.246 e. The first-order valence-electron chi connectivity index (χ1n) is 7.75. The minimum Gasteiger partial charge on any atom is -0.315 e. The third kappa shape index (κ3) is 4.35. The standard InChI is InChI=1S/C16H22Cl2N4O2S/c1-11-16(25(23,24)20(3)4)12(2)22(19-11)10-21(5)9-13-6-7-14(17)15(18)8-13/h6-8H,9-10H2,1-5H3/p+1. The first-order chi connectivity index (χ1) is 11.5. The summed E-state index contributed by atoms with van der Waals surface area (Å²) in [5, 5.41) is 5.47. The van der Waals surface area contributed by atoms with Crippen molar-refractivity contribution in [1.82, 2.24) is 14.1 Å². The van der Waals surface area contributed by atoms with Gasteiger partial charge in [-0.3, -0.25) is 0 Å². The van der Waals surface area contributed by atoms with Crippen LogP contribution in [0.2, 0.25) is 10.0 Å². The molecule has 138 valence electrons. The van der Waals surface area contributed by atoms with Gasteiger partial charge in [0.2, 0.25) is 10.0 Å². The molecule has 0 saturated carbocycles.